The maximum Gasteiger partial charge on any atom is 0.243 e. The Morgan fingerprint density at radius 3 is 2.47 bits per heavy atom. The summed E-state index contributed by atoms with van der Waals surface area (Å²) in [5, 5.41) is 12.6. The smallest absolute Gasteiger partial charge is 0.243 e. The number of aromatic hydroxyl groups is 1. The van der Waals surface area contributed by atoms with Crippen LogP contribution in [0, 0.1) is 12.8 Å². The third-order valence-corrected chi connectivity index (χ3v) is 9.10. The Morgan fingerprint density at radius 2 is 1.76 bits per heavy atom. The first kappa shape index (κ1) is 24.9. The van der Waals surface area contributed by atoms with Gasteiger partial charge in [0.15, 0.2) is 0 Å². The molecule has 0 aromatic heterocycles. The highest BCUT2D eigenvalue weighted by atomic mass is 35.5. The Bertz CT molecular complexity index is 1290. The highest BCUT2D eigenvalue weighted by Gasteiger charge is 2.37. The third kappa shape index (κ3) is 4.43. The molecular formula is C26H31ClN2O4S. The Kier molecular flexibility index (Phi) is 7.22. The van der Waals surface area contributed by atoms with Crippen LogP contribution in [0.2, 0.25) is 0 Å². The van der Waals surface area contributed by atoms with E-state index in [0.29, 0.717) is 36.7 Å². The van der Waals surface area contributed by atoms with Crippen molar-refractivity contribution in [3.05, 3.63) is 71.3 Å². The van der Waals surface area contributed by atoms with Gasteiger partial charge in [-0.15, -0.1) is 12.4 Å². The molecule has 1 fully saturated rings. The van der Waals surface area contributed by atoms with Crippen molar-refractivity contribution < 1.29 is 18.3 Å². The molecule has 0 aliphatic carbocycles. The first-order chi connectivity index (χ1) is 15.9. The summed E-state index contributed by atoms with van der Waals surface area (Å²) in [6.45, 7) is 3.16. The fraction of sp³-hybridized carbons (Fsp3) is 0.385. The van der Waals surface area contributed by atoms with Crippen LogP contribution >= 0.6 is 12.4 Å². The molecular weight excluding hydrogens is 472 g/mol. The number of hydrogen-bond acceptors (Lipinski definition) is 5. The van der Waals surface area contributed by atoms with Crippen molar-refractivity contribution in [2.24, 2.45) is 11.7 Å². The molecule has 6 nitrogen and oxygen atoms in total. The summed E-state index contributed by atoms with van der Waals surface area (Å²) in [5.41, 5.74) is 8.73. The number of phenolic OH excluding ortho intramolecular Hbond substituents is 1. The van der Waals surface area contributed by atoms with Gasteiger partial charge in [-0.2, -0.15) is 4.31 Å². The lowest BCUT2D eigenvalue weighted by Crippen LogP contribution is -2.44. The van der Waals surface area contributed by atoms with Gasteiger partial charge in [-0.05, 0) is 59.7 Å². The fourth-order valence-electron chi connectivity index (χ4n) is 5.24. The zero-order chi connectivity index (χ0) is 23.2. The van der Waals surface area contributed by atoms with E-state index in [1.165, 1.54) is 0 Å². The van der Waals surface area contributed by atoms with Crippen molar-refractivity contribution in [3.63, 3.8) is 0 Å². The predicted molar refractivity (Wildman–Crippen MR) is 136 cm³/mol. The van der Waals surface area contributed by atoms with Crippen LogP contribution < -0.4 is 5.73 Å². The van der Waals surface area contributed by atoms with Gasteiger partial charge < -0.3 is 15.6 Å². The molecule has 34 heavy (non-hydrogen) atoms. The molecule has 2 atom stereocenters. The number of ether oxygens (including phenoxy) is 1. The van der Waals surface area contributed by atoms with E-state index < -0.39 is 10.0 Å². The molecule has 0 radical (unpaired) electrons. The summed E-state index contributed by atoms with van der Waals surface area (Å²) in [7, 11) is -3.55. The number of hydrogen-bond donors (Lipinski definition) is 2. The minimum Gasteiger partial charge on any atom is -0.507 e. The van der Waals surface area contributed by atoms with E-state index in [9.17, 15) is 13.5 Å². The minimum atomic E-state index is -3.55. The molecule has 0 saturated carbocycles. The maximum absolute atomic E-state index is 13.3. The molecule has 2 aliphatic rings. The molecule has 0 unspecified atom stereocenters. The van der Waals surface area contributed by atoms with E-state index in [1.54, 1.807) is 16.4 Å². The van der Waals surface area contributed by atoms with Crippen molar-refractivity contribution in [2.45, 2.75) is 43.3 Å². The number of phenols is 1. The molecule has 8 heteroatoms. The summed E-state index contributed by atoms with van der Waals surface area (Å²) in [5.74, 6) is 0.547. The normalized spacial score (nSPS) is 21.7. The second-order valence-corrected chi connectivity index (χ2v) is 11.1. The van der Waals surface area contributed by atoms with Crippen LogP contribution in [-0.4, -0.2) is 43.6 Å². The number of aryl methyl sites for hydroxylation is 1. The van der Waals surface area contributed by atoms with Crippen LogP contribution in [0.15, 0.2) is 59.5 Å². The van der Waals surface area contributed by atoms with E-state index in [1.807, 2.05) is 49.4 Å². The topological polar surface area (TPSA) is 92.9 Å². The van der Waals surface area contributed by atoms with Crippen LogP contribution in [0.5, 0.6) is 5.75 Å². The van der Waals surface area contributed by atoms with Gasteiger partial charge >= 0.3 is 0 Å². The predicted octanol–water partition coefficient (Wildman–Crippen LogP) is 4.32. The van der Waals surface area contributed by atoms with Crippen LogP contribution in [0.3, 0.4) is 0 Å². The Morgan fingerprint density at radius 1 is 1.06 bits per heavy atom. The highest BCUT2D eigenvalue weighted by molar-refractivity contribution is 7.89. The average molecular weight is 503 g/mol. The van der Waals surface area contributed by atoms with E-state index in [-0.39, 0.29) is 30.5 Å². The van der Waals surface area contributed by atoms with Crippen molar-refractivity contribution >= 4 is 33.2 Å². The molecule has 2 aliphatic heterocycles. The van der Waals surface area contributed by atoms with Crippen molar-refractivity contribution in [1.82, 2.24) is 4.31 Å². The van der Waals surface area contributed by atoms with Gasteiger partial charge in [-0.1, -0.05) is 42.5 Å². The van der Waals surface area contributed by atoms with E-state index in [0.717, 1.165) is 40.3 Å². The molecule has 0 bridgehead atoms. The van der Waals surface area contributed by atoms with Crippen LogP contribution in [0.1, 0.15) is 35.6 Å². The molecule has 182 valence electrons. The number of piperidine rings is 1. The van der Waals surface area contributed by atoms with Crippen molar-refractivity contribution in [2.75, 3.05) is 19.6 Å². The maximum atomic E-state index is 13.3. The van der Waals surface area contributed by atoms with E-state index >= 15 is 0 Å². The molecule has 0 spiro atoms. The third-order valence-electron chi connectivity index (χ3n) is 7.21. The number of nitrogens with two attached hydrogens (primary N) is 1. The summed E-state index contributed by atoms with van der Waals surface area (Å²) < 4.78 is 34.5. The fourth-order valence-corrected chi connectivity index (χ4v) is 6.75. The summed E-state index contributed by atoms with van der Waals surface area (Å²) in [6, 6.07) is 17.0. The van der Waals surface area contributed by atoms with E-state index in [4.69, 9.17) is 10.5 Å². The highest BCUT2D eigenvalue weighted by Crippen LogP contribution is 2.40. The largest absolute Gasteiger partial charge is 0.507 e. The zero-order valence-electron chi connectivity index (χ0n) is 19.2. The zero-order valence-corrected chi connectivity index (χ0v) is 20.8. The van der Waals surface area contributed by atoms with Gasteiger partial charge in [0.05, 0.1) is 17.1 Å². The lowest BCUT2D eigenvalue weighted by atomic mass is 9.83. The summed E-state index contributed by atoms with van der Waals surface area (Å²) in [6.07, 6.45) is 1.74. The lowest BCUT2D eigenvalue weighted by Gasteiger charge is -2.40. The second kappa shape index (κ2) is 9.84. The number of sulfonamides is 1. The molecule has 2 heterocycles. The Hall–Kier alpha value is -2.16. The van der Waals surface area contributed by atoms with Gasteiger partial charge in [-0.3, -0.25) is 0 Å². The van der Waals surface area contributed by atoms with Crippen molar-refractivity contribution in [3.8, 4) is 5.75 Å². The minimum absolute atomic E-state index is 0. The Labute approximate surface area is 207 Å². The Balaban J connectivity index is 0.00000274. The van der Waals surface area contributed by atoms with Gasteiger partial charge in [0, 0.05) is 31.6 Å². The molecule has 3 N–H and O–H groups in total. The number of benzene rings is 3. The second-order valence-electron chi connectivity index (χ2n) is 9.15. The van der Waals surface area contributed by atoms with Gasteiger partial charge in [0.2, 0.25) is 10.0 Å². The quantitative estimate of drug-likeness (QED) is 0.554. The van der Waals surface area contributed by atoms with E-state index in [2.05, 4.69) is 0 Å². The molecule has 5 rings (SSSR count). The SMILES string of the molecule is Cc1ccc2c(c1O)C[C@@H](C1CCN(S(=O)(=O)c3ccc4ccccc4c3)CC1)O[C@H]2CN.Cl. The molecule has 0 amide bonds. The molecule has 3 aromatic carbocycles. The number of rotatable bonds is 4. The molecule has 3 aromatic rings. The standard InChI is InChI=1S/C26H30N2O4S.ClH/c1-17-6-9-22-23(26(17)29)15-24(32-25(22)16-27)19-10-12-28(13-11-19)33(30,31)21-8-7-18-4-2-3-5-20(18)14-21;/h2-9,14,19,24-25,29H,10-13,15-16,27H2,1H3;1H/t24-,25-;/m0./s1. The van der Waals surface area contributed by atoms with Crippen LogP contribution in [0.4, 0.5) is 0 Å². The number of halogens is 1. The summed E-state index contributed by atoms with van der Waals surface area (Å²) in [4.78, 5) is 0.339. The van der Waals surface area contributed by atoms with Crippen LogP contribution in [0.25, 0.3) is 10.8 Å². The van der Waals surface area contributed by atoms with Crippen molar-refractivity contribution in [1.29, 1.82) is 0 Å². The van der Waals surface area contributed by atoms with Gasteiger partial charge in [0.1, 0.15) is 5.75 Å². The first-order valence-corrected chi connectivity index (χ1v) is 13.0. The summed E-state index contributed by atoms with van der Waals surface area (Å²) >= 11 is 0. The lowest BCUT2D eigenvalue weighted by molar-refractivity contribution is -0.0612. The van der Waals surface area contributed by atoms with Gasteiger partial charge in [0.25, 0.3) is 0 Å². The monoisotopic (exact) mass is 502 g/mol. The number of fused-ring (bicyclic) bond motifs is 2. The van der Waals surface area contributed by atoms with Gasteiger partial charge in [-0.25, -0.2) is 8.42 Å². The van der Waals surface area contributed by atoms with Crippen LogP contribution in [-0.2, 0) is 21.2 Å². The average Bonchev–Trinajstić information content (AvgIpc) is 2.85. The molecule has 1 saturated heterocycles. The number of nitrogens with zero attached hydrogens (tertiary/aromatic N) is 1. The first-order valence-electron chi connectivity index (χ1n) is 11.5.